The molecule has 0 aromatic carbocycles. The van der Waals surface area contributed by atoms with E-state index in [4.69, 9.17) is 32.3 Å². The van der Waals surface area contributed by atoms with Gasteiger partial charge in [0.05, 0.1) is 26.4 Å². The smallest absolute Gasteiger partial charge is 0.463 e. The number of allylic oxidation sites excluding steroid dienone is 20. The van der Waals surface area contributed by atoms with Crippen LogP contribution in [-0.2, 0) is 55.8 Å². The molecule has 0 radical (unpaired) electrons. The average molecular weight is 1460 g/mol. The zero-order valence-electron chi connectivity index (χ0n) is 63.5. The molecule has 0 spiro atoms. The first-order chi connectivity index (χ1) is 49.2. The van der Waals surface area contributed by atoms with Gasteiger partial charge in [-0.2, -0.15) is 0 Å². The first-order valence-electron chi connectivity index (χ1n) is 39.8. The second-order valence-electron chi connectivity index (χ2n) is 26.5. The molecule has 0 heterocycles. The molecule has 18 heteroatoms. The second-order valence-corrected chi connectivity index (χ2v) is 29.4. The molecule has 0 saturated carbocycles. The van der Waals surface area contributed by atoms with Gasteiger partial charge in [-0.3, -0.25) is 32.5 Å². The van der Waals surface area contributed by atoms with Crippen LogP contribution in [0, 0.1) is 0 Å². The van der Waals surface area contributed by atoms with Gasteiger partial charge in [0.1, 0.15) is 25.4 Å². The third kappa shape index (κ3) is 76.9. The Morgan fingerprint density at radius 3 is 0.861 bits per heavy atom. The van der Waals surface area contributed by atoms with E-state index >= 15 is 0 Å². The summed E-state index contributed by atoms with van der Waals surface area (Å²) >= 11 is 0. The van der Waals surface area contributed by atoms with E-state index in [0.717, 1.165) is 161 Å². The first kappa shape index (κ1) is 97.0. The monoisotopic (exact) mass is 1460 g/mol. The number of phosphoric ester groups is 2. The van der Waals surface area contributed by atoms with Gasteiger partial charge in [-0.15, -0.1) is 0 Å². The SMILES string of the molecule is CC/C=C\C/C=C\C/C=C\C/C=C\C/C=C\CCCCCCCCCC(=O)OCC(COP(=O)(O)OCC(O)COP(=O)(O)OCC(O)COC(=O)CCCCCCCCCCCCC/C=C\C/C=C\C/C=C\C/C=C\CCCCC)OC(=O)CCCCCCC/C=C\CCCCCCCC. The Morgan fingerprint density at radius 2 is 0.525 bits per heavy atom. The lowest BCUT2D eigenvalue weighted by Gasteiger charge is -2.21. The topological polar surface area (TPSA) is 231 Å². The summed E-state index contributed by atoms with van der Waals surface area (Å²) in [4.78, 5) is 58.7. The minimum Gasteiger partial charge on any atom is -0.463 e. The predicted octanol–water partition coefficient (Wildman–Crippen LogP) is 23.3. The molecule has 4 N–H and O–H groups in total. The van der Waals surface area contributed by atoms with Crippen LogP contribution in [0.5, 0.6) is 0 Å². The summed E-state index contributed by atoms with van der Waals surface area (Å²) in [5.74, 6) is -1.59. The zero-order valence-corrected chi connectivity index (χ0v) is 65.3. The molecule has 0 aromatic rings. The summed E-state index contributed by atoms with van der Waals surface area (Å²) in [7, 11) is -9.80. The predicted molar refractivity (Wildman–Crippen MR) is 417 cm³/mol. The highest BCUT2D eigenvalue weighted by Crippen LogP contribution is 2.45. The number of hydrogen-bond donors (Lipinski definition) is 4. The Kier molecular flexibility index (Phi) is 72.6. The van der Waals surface area contributed by atoms with E-state index < -0.39 is 91.5 Å². The Labute approximate surface area is 614 Å². The minimum atomic E-state index is -4.94. The number of ether oxygens (including phenoxy) is 3. The maximum atomic E-state index is 13.0. The van der Waals surface area contributed by atoms with E-state index in [-0.39, 0.29) is 19.3 Å². The molecule has 0 rings (SSSR count). The van der Waals surface area contributed by atoms with E-state index in [1.54, 1.807) is 0 Å². The van der Waals surface area contributed by atoms with Gasteiger partial charge in [-0.05, 0) is 135 Å². The van der Waals surface area contributed by atoms with Crippen molar-refractivity contribution < 1.29 is 75.8 Å². The standard InChI is InChI=1S/C83H144O16P2/c1-4-7-10-13-16-19-22-25-28-30-32-34-36-37-38-39-41-43-44-46-49-51-54-57-60-63-66-69-81(86)93-72-78(84)73-95-100(89,90)96-74-79(85)75-97-101(91,92)98-77-80(99-83(88)71-68-65-62-59-56-53-48-27-24-21-18-15-12-9-6-3)76-94-82(87)70-67-64-61-58-55-52-50-47-45-42-40-35-33-31-29-26-23-20-17-14-11-8-5-2/h8,11,16-17,19-20,25-29,32-35,37-38,42,45,48,78-80,84-85H,4-7,9-10,12-15,18,21-24,30-31,36,39-41,43-44,46-47,49-77H2,1-3H3,(H,89,90)(H,91,92)/b11-8-,19-16-,20-17-,28-25-,29-26-,34-32-,35-33-,38-37-,45-42-,48-27-. The zero-order chi connectivity index (χ0) is 73.7. The fourth-order valence-electron chi connectivity index (χ4n) is 10.6. The third-order valence-electron chi connectivity index (χ3n) is 16.6. The molecule has 582 valence electrons. The number of rotatable bonds is 75. The quantitative estimate of drug-likeness (QED) is 0.0146. The number of phosphoric acid groups is 2. The number of aliphatic hydroxyl groups excluding tert-OH is 2. The van der Waals surface area contributed by atoms with Crippen molar-refractivity contribution in [3.63, 3.8) is 0 Å². The molecule has 16 nitrogen and oxygen atoms in total. The summed E-state index contributed by atoms with van der Waals surface area (Å²) in [6.07, 6.45) is 89.5. The van der Waals surface area contributed by atoms with Gasteiger partial charge in [-0.1, -0.05) is 296 Å². The largest absolute Gasteiger partial charge is 0.472 e. The van der Waals surface area contributed by atoms with E-state index in [0.29, 0.717) is 19.3 Å². The summed E-state index contributed by atoms with van der Waals surface area (Å²) in [5, 5.41) is 20.6. The van der Waals surface area contributed by atoms with Crippen molar-refractivity contribution in [3.8, 4) is 0 Å². The summed E-state index contributed by atoms with van der Waals surface area (Å²) in [6.45, 7) is 2.53. The summed E-state index contributed by atoms with van der Waals surface area (Å²) < 4.78 is 61.2. The molecule has 0 aliphatic carbocycles. The van der Waals surface area contributed by atoms with Crippen molar-refractivity contribution in [1.82, 2.24) is 0 Å². The molecule has 101 heavy (non-hydrogen) atoms. The van der Waals surface area contributed by atoms with Crippen LogP contribution in [-0.4, -0.2) is 95.9 Å². The highest BCUT2D eigenvalue weighted by Gasteiger charge is 2.29. The van der Waals surface area contributed by atoms with Crippen LogP contribution in [0.3, 0.4) is 0 Å². The minimum absolute atomic E-state index is 0.0905. The van der Waals surface area contributed by atoms with Crippen molar-refractivity contribution in [1.29, 1.82) is 0 Å². The van der Waals surface area contributed by atoms with Crippen LogP contribution < -0.4 is 0 Å². The van der Waals surface area contributed by atoms with Crippen molar-refractivity contribution in [2.75, 3.05) is 39.6 Å². The molecule has 0 saturated heterocycles. The lowest BCUT2D eigenvalue weighted by Crippen LogP contribution is -2.30. The Hall–Kier alpha value is -4.05. The normalized spacial score (nSPS) is 14.6. The lowest BCUT2D eigenvalue weighted by atomic mass is 10.0. The van der Waals surface area contributed by atoms with Gasteiger partial charge in [0.15, 0.2) is 6.10 Å². The molecule has 0 aliphatic rings. The number of carbonyl (C=O) groups is 3. The fraction of sp³-hybridized carbons (Fsp3) is 0.723. The molecule has 0 amide bonds. The molecule has 0 aromatic heterocycles. The number of hydrogen-bond acceptors (Lipinski definition) is 14. The maximum Gasteiger partial charge on any atom is 0.472 e. The van der Waals surface area contributed by atoms with Crippen LogP contribution in [0.1, 0.15) is 329 Å². The Bertz CT molecular complexity index is 2320. The van der Waals surface area contributed by atoms with Crippen molar-refractivity contribution >= 4 is 33.6 Å². The Morgan fingerprint density at radius 1 is 0.287 bits per heavy atom. The van der Waals surface area contributed by atoms with E-state index in [1.807, 2.05) is 0 Å². The van der Waals surface area contributed by atoms with Gasteiger partial charge < -0.3 is 34.2 Å². The molecule has 0 aliphatic heterocycles. The van der Waals surface area contributed by atoms with Gasteiger partial charge in [0.25, 0.3) is 0 Å². The van der Waals surface area contributed by atoms with Crippen molar-refractivity contribution in [3.05, 3.63) is 122 Å². The van der Waals surface area contributed by atoms with Crippen LogP contribution in [0.4, 0.5) is 0 Å². The lowest BCUT2D eigenvalue weighted by molar-refractivity contribution is -0.161. The Balaban J connectivity index is 4.58. The number of unbranched alkanes of at least 4 members (excludes halogenated alkanes) is 32. The first-order valence-corrected chi connectivity index (χ1v) is 42.8. The fourth-order valence-corrected chi connectivity index (χ4v) is 12.2. The van der Waals surface area contributed by atoms with Gasteiger partial charge in [0, 0.05) is 19.3 Å². The maximum absolute atomic E-state index is 13.0. The van der Waals surface area contributed by atoms with Gasteiger partial charge >= 0.3 is 33.6 Å². The molecule has 0 bridgehead atoms. The van der Waals surface area contributed by atoms with E-state index in [2.05, 4.69) is 142 Å². The van der Waals surface area contributed by atoms with Crippen LogP contribution in [0.25, 0.3) is 0 Å². The third-order valence-corrected chi connectivity index (χ3v) is 18.5. The van der Waals surface area contributed by atoms with Crippen LogP contribution in [0.2, 0.25) is 0 Å². The van der Waals surface area contributed by atoms with Crippen LogP contribution in [0.15, 0.2) is 122 Å². The highest BCUT2D eigenvalue weighted by atomic mass is 31.2. The van der Waals surface area contributed by atoms with Crippen molar-refractivity contribution in [2.24, 2.45) is 0 Å². The molecular formula is C83H144O16P2. The molecule has 5 unspecified atom stereocenters. The number of aliphatic hydroxyl groups is 2. The van der Waals surface area contributed by atoms with Crippen molar-refractivity contribution in [2.45, 2.75) is 347 Å². The molecule has 5 atom stereocenters. The summed E-state index contributed by atoms with van der Waals surface area (Å²) in [6, 6.07) is 0. The van der Waals surface area contributed by atoms with Crippen LogP contribution >= 0.6 is 15.6 Å². The van der Waals surface area contributed by atoms with Gasteiger partial charge in [-0.25, -0.2) is 9.13 Å². The van der Waals surface area contributed by atoms with E-state index in [9.17, 15) is 43.5 Å². The average Bonchev–Trinajstić information content (AvgIpc) is 0.944. The van der Waals surface area contributed by atoms with Gasteiger partial charge in [0.2, 0.25) is 0 Å². The second kappa shape index (κ2) is 75.6. The van der Waals surface area contributed by atoms with E-state index in [1.165, 1.54) is 109 Å². The number of esters is 3. The summed E-state index contributed by atoms with van der Waals surface area (Å²) in [5.41, 5.74) is 0. The molecule has 0 fully saturated rings. The number of carbonyl (C=O) groups excluding carboxylic acids is 3. The highest BCUT2D eigenvalue weighted by molar-refractivity contribution is 7.47. The molecular weight excluding hydrogens is 1310 g/mol.